The van der Waals surface area contributed by atoms with Crippen molar-refractivity contribution in [3.05, 3.63) is 72.7 Å². The van der Waals surface area contributed by atoms with Crippen molar-refractivity contribution in [1.82, 2.24) is 24.6 Å². The minimum atomic E-state index is -0.470. The number of nitrogens with one attached hydrogen (secondary N) is 2. The first-order chi connectivity index (χ1) is 17.0. The number of benzene rings is 1. The first-order valence-electron chi connectivity index (χ1n) is 11.1. The third-order valence-electron chi connectivity index (χ3n) is 5.48. The molecule has 0 radical (unpaired) electrons. The van der Waals surface area contributed by atoms with Gasteiger partial charge in [-0.3, -0.25) is 14.5 Å². The van der Waals surface area contributed by atoms with Gasteiger partial charge in [0.1, 0.15) is 5.69 Å². The number of carbonyl (C=O) groups excluding carboxylic acids is 1. The second-order valence-corrected chi connectivity index (χ2v) is 7.78. The lowest BCUT2D eigenvalue weighted by Crippen LogP contribution is -2.23. The third kappa shape index (κ3) is 5.26. The molecule has 9 nitrogen and oxygen atoms in total. The summed E-state index contributed by atoms with van der Waals surface area (Å²) in [5.41, 5.74) is 3.35. The smallest absolute Gasteiger partial charge is 0.270 e. The fraction of sp³-hybridized carbons (Fsp3) is 0.240. The van der Waals surface area contributed by atoms with Gasteiger partial charge >= 0.3 is 0 Å². The van der Waals surface area contributed by atoms with Crippen molar-refractivity contribution in [1.29, 1.82) is 0 Å². The molecule has 0 aliphatic carbocycles. The number of aryl methyl sites for hydroxylation is 2. The second-order valence-electron chi connectivity index (χ2n) is 7.78. The zero-order chi connectivity index (χ0) is 24.8. The Morgan fingerprint density at radius 3 is 2.57 bits per heavy atom. The first-order valence-corrected chi connectivity index (χ1v) is 11.1. The van der Waals surface area contributed by atoms with Crippen LogP contribution in [0, 0.1) is 5.82 Å². The predicted molar refractivity (Wildman–Crippen MR) is 131 cm³/mol. The molecule has 10 heteroatoms. The van der Waals surface area contributed by atoms with Crippen LogP contribution >= 0.6 is 0 Å². The maximum absolute atomic E-state index is 14.1. The van der Waals surface area contributed by atoms with Gasteiger partial charge < -0.3 is 24.7 Å². The van der Waals surface area contributed by atoms with E-state index in [9.17, 15) is 9.18 Å². The van der Waals surface area contributed by atoms with E-state index in [4.69, 9.17) is 9.47 Å². The molecule has 0 atom stereocenters. The molecule has 0 bridgehead atoms. The third-order valence-corrected chi connectivity index (χ3v) is 5.48. The number of methoxy groups -OCH3 is 2. The summed E-state index contributed by atoms with van der Waals surface area (Å²) in [7, 11) is 4.87. The van der Waals surface area contributed by atoms with Crippen molar-refractivity contribution >= 4 is 17.3 Å². The zero-order valence-electron chi connectivity index (χ0n) is 19.8. The van der Waals surface area contributed by atoms with E-state index in [2.05, 4.69) is 20.7 Å². The van der Waals surface area contributed by atoms with Crippen LogP contribution < -0.4 is 20.1 Å². The summed E-state index contributed by atoms with van der Waals surface area (Å²) >= 11 is 0. The Bertz CT molecular complexity index is 1300. The molecular weight excluding hydrogens is 451 g/mol. The summed E-state index contributed by atoms with van der Waals surface area (Å²) in [6, 6.07) is 10.2. The zero-order valence-corrected chi connectivity index (χ0v) is 19.8. The van der Waals surface area contributed by atoms with Gasteiger partial charge in [0.2, 0.25) is 5.88 Å². The highest BCUT2D eigenvalue weighted by molar-refractivity contribution is 6.03. The van der Waals surface area contributed by atoms with E-state index in [1.165, 1.54) is 13.2 Å². The van der Waals surface area contributed by atoms with Crippen molar-refractivity contribution in [2.24, 2.45) is 7.05 Å². The monoisotopic (exact) mass is 478 g/mol. The molecule has 35 heavy (non-hydrogen) atoms. The molecule has 3 aromatic heterocycles. The van der Waals surface area contributed by atoms with E-state index in [-0.39, 0.29) is 11.7 Å². The van der Waals surface area contributed by atoms with E-state index in [0.29, 0.717) is 36.0 Å². The van der Waals surface area contributed by atoms with Gasteiger partial charge in [-0.15, -0.1) is 5.10 Å². The molecule has 0 saturated heterocycles. The number of halogens is 1. The highest BCUT2D eigenvalue weighted by atomic mass is 19.1. The molecular formula is C25H27FN6O3. The van der Waals surface area contributed by atoms with Gasteiger partial charge in [-0.25, -0.2) is 4.39 Å². The Morgan fingerprint density at radius 2 is 1.91 bits per heavy atom. The number of anilines is 2. The van der Waals surface area contributed by atoms with Crippen LogP contribution in [-0.4, -0.2) is 46.0 Å². The Hall–Kier alpha value is -4.34. The molecule has 5 rings (SSSR count). The number of rotatable bonds is 5. The summed E-state index contributed by atoms with van der Waals surface area (Å²) in [4.78, 5) is 16.8. The lowest BCUT2D eigenvalue weighted by atomic mass is 10.1. The van der Waals surface area contributed by atoms with Gasteiger partial charge in [0.05, 0.1) is 25.6 Å². The SMILES string of the molecule is COc1c(F)cccc1Nc1c(-c2ccncc2)cn2c1C(=O)NCCC2.COc1ccn(C)n1. The molecule has 0 saturated carbocycles. The van der Waals surface area contributed by atoms with E-state index < -0.39 is 5.82 Å². The minimum Gasteiger partial charge on any atom is -0.492 e. The number of hydrogen-bond acceptors (Lipinski definition) is 6. The fourth-order valence-electron chi connectivity index (χ4n) is 3.84. The predicted octanol–water partition coefficient (Wildman–Crippen LogP) is 4.00. The van der Waals surface area contributed by atoms with Crippen molar-refractivity contribution in [2.75, 3.05) is 26.1 Å². The molecule has 182 valence electrons. The largest absolute Gasteiger partial charge is 0.492 e. The van der Waals surface area contributed by atoms with E-state index in [1.807, 2.05) is 36.1 Å². The maximum Gasteiger partial charge on any atom is 0.270 e. The number of hydrogen-bond donors (Lipinski definition) is 2. The van der Waals surface area contributed by atoms with Gasteiger partial charge in [-0.1, -0.05) is 6.07 Å². The van der Waals surface area contributed by atoms with Gasteiger partial charge in [0, 0.05) is 56.6 Å². The van der Waals surface area contributed by atoms with Gasteiger partial charge in [-0.05, 0) is 36.2 Å². The average Bonchev–Trinajstić information content (AvgIpc) is 3.40. The second kappa shape index (κ2) is 10.7. The van der Waals surface area contributed by atoms with Crippen molar-refractivity contribution in [2.45, 2.75) is 13.0 Å². The molecule has 0 fully saturated rings. The lowest BCUT2D eigenvalue weighted by molar-refractivity contribution is 0.0952. The Balaban J connectivity index is 0.000000308. The van der Waals surface area contributed by atoms with Gasteiger partial charge in [-0.2, -0.15) is 0 Å². The van der Waals surface area contributed by atoms with Crippen molar-refractivity contribution in [3.63, 3.8) is 0 Å². The highest BCUT2D eigenvalue weighted by Crippen LogP contribution is 2.38. The van der Waals surface area contributed by atoms with Gasteiger partial charge in [0.15, 0.2) is 11.6 Å². The molecule has 1 aliphatic heterocycles. The topological polar surface area (TPSA) is 95.2 Å². The quantitative estimate of drug-likeness (QED) is 0.450. The molecule has 4 heterocycles. The minimum absolute atomic E-state index is 0.104. The van der Waals surface area contributed by atoms with Gasteiger partial charge in [0.25, 0.3) is 5.91 Å². The standard InChI is InChI=1S/C20H19FN4O2.C5H8N2O/c1-27-19-15(21)4-2-5-16(19)24-17-14(13-6-9-22-10-7-13)12-25-11-3-8-23-20(26)18(17)25;1-7-4-3-5(6-7)8-2/h2,4-7,9-10,12,24H,3,8,11H2,1H3,(H,23,26);3-4H,1-2H3. The molecule has 2 N–H and O–H groups in total. The Kier molecular flexibility index (Phi) is 7.30. The van der Waals surface area contributed by atoms with Crippen LogP contribution in [0.4, 0.5) is 15.8 Å². The number of para-hydroxylation sites is 1. The molecule has 4 aromatic rings. The number of nitrogens with zero attached hydrogens (tertiary/aromatic N) is 4. The summed E-state index contributed by atoms with van der Waals surface area (Å²) in [6.45, 7) is 1.34. The van der Waals surface area contributed by atoms with E-state index in [1.54, 1.807) is 42.4 Å². The van der Waals surface area contributed by atoms with E-state index in [0.717, 1.165) is 17.5 Å². The summed E-state index contributed by atoms with van der Waals surface area (Å²) in [5, 5.41) is 10.1. The van der Waals surface area contributed by atoms with Crippen LogP contribution in [0.1, 0.15) is 16.9 Å². The molecule has 1 amide bonds. The van der Waals surface area contributed by atoms with Crippen molar-refractivity contribution in [3.8, 4) is 22.8 Å². The van der Waals surface area contributed by atoms with Crippen LogP contribution in [0.3, 0.4) is 0 Å². The van der Waals surface area contributed by atoms with Crippen LogP contribution in [0.15, 0.2) is 61.2 Å². The normalized spacial score (nSPS) is 12.5. The van der Waals surface area contributed by atoms with E-state index >= 15 is 0 Å². The lowest BCUT2D eigenvalue weighted by Gasteiger charge is -2.14. The Morgan fingerprint density at radius 1 is 1.11 bits per heavy atom. The van der Waals surface area contributed by atoms with Crippen LogP contribution in [0.2, 0.25) is 0 Å². The fourth-order valence-corrected chi connectivity index (χ4v) is 3.84. The maximum atomic E-state index is 14.1. The number of aromatic nitrogens is 4. The highest BCUT2D eigenvalue weighted by Gasteiger charge is 2.25. The summed E-state index contributed by atoms with van der Waals surface area (Å²) in [6.07, 6.45) is 8.02. The van der Waals surface area contributed by atoms with Crippen LogP contribution in [-0.2, 0) is 13.6 Å². The Labute approximate surface area is 202 Å². The average molecular weight is 479 g/mol. The molecule has 1 aromatic carbocycles. The summed E-state index contributed by atoms with van der Waals surface area (Å²) in [5.74, 6) is 0.132. The first kappa shape index (κ1) is 23.8. The number of pyridine rings is 1. The number of fused-ring (bicyclic) bond motifs is 1. The van der Waals surface area contributed by atoms with Crippen LogP contribution in [0.25, 0.3) is 11.1 Å². The van der Waals surface area contributed by atoms with Crippen molar-refractivity contribution < 1.29 is 18.7 Å². The number of carbonyl (C=O) groups is 1. The number of amides is 1. The van der Waals surface area contributed by atoms with Crippen LogP contribution in [0.5, 0.6) is 11.6 Å². The molecule has 0 spiro atoms. The summed E-state index contributed by atoms with van der Waals surface area (Å²) < 4.78 is 27.8. The molecule has 1 aliphatic rings. The molecule has 0 unspecified atom stereocenters. The number of ether oxygens (including phenoxy) is 2.